The van der Waals surface area contributed by atoms with E-state index in [2.05, 4.69) is 55.5 Å². The van der Waals surface area contributed by atoms with Crippen molar-refractivity contribution in [1.82, 2.24) is 0 Å². The Balaban J connectivity index is 2.02. The molecule has 2 aromatic carbocycles. The maximum Gasteiger partial charge on any atom is 0.0533 e. The van der Waals surface area contributed by atoms with Gasteiger partial charge in [0, 0.05) is 15.8 Å². The minimum atomic E-state index is 0.345. The number of nitrogens with two attached hydrogens (primary N) is 1. The fourth-order valence-corrected chi connectivity index (χ4v) is 3.78. The molecule has 0 amide bonds. The predicted molar refractivity (Wildman–Crippen MR) is 83.1 cm³/mol. The summed E-state index contributed by atoms with van der Waals surface area (Å²) in [6, 6.07) is 18.9. The number of thioether (sulfide) groups is 1. The smallest absolute Gasteiger partial charge is 0.0533 e. The van der Waals surface area contributed by atoms with Crippen LogP contribution in [0, 0.1) is 0 Å². The predicted octanol–water partition coefficient (Wildman–Crippen LogP) is 2.49. The third kappa shape index (κ3) is 2.41. The van der Waals surface area contributed by atoms with E-state index in [-0.39, 0.29) is 0 Å². The highest BCUT2D eigenvalue weighted by Crippen LogP contribution is 2.31. The highest BCUT2D eigenvalue weighted by atomic mass is 32.2. The first-order valence-corrected chi connectivity index (χ1v) is 7.40. The van der Waals surface area contributed by atoms with E-state index in [1.165, 1.54) is 20.9 Å². The molecule has 0 aromatic heterocycles. The molecular formula is C17H17NS. The van der Waals surface area contributed by atoms with Crippen LogP contribution in [0.5, 0.6) is 0 Å². The molecule has 0 saturated heterocycles. The first-order chi connectivity index (χ1) is 9.25. The number of benzene rings is 2. The minimum Gasteiger partial charge on any atom is -0.401 e. The first-order valence-electron chi connectivity index (χ1n) is 6.52. The average Bonchev–Trinajstić information content (AvgIpc) is 2.46. The van der Waals surface area contributed by atoms with Crippen LogP contribution in [0.25, 0.3) is 11.3 Å². The zero-order valence-corrected chi connectivity index (χ0v) is 11.8. The highest BCUT2D eigenvalue weighted by molar-refractivity contribution is 8.00. The summed E-state index contributed by atoms with van der Waals surface area (Å²) in [5, 5.41) is 2.86. The van der Waals surface area contributed by atoms with E-state index in [0.717, 1.165) is 12.1 Å². The van der Waals surface area contributed by atoms with Crippen LogP contribution in [-0.2, 0) is 0 Å². The summed E-state index contributed by atoms with van der Waals surface area (Å²) in [5.74, 6) is 0. The molecule has 0 radical (unpaired) electrons. The monoisotopic (exact) mass is 267 g/mol. The van der Waals surface area contributed by atoms with Gasteiger partial charge in [0.05, 0.1) is 5.25 Å². The molecule has 1 aliphatic rings. The van der Waals surface area contributed by atoms with Crippen molar-refractivity contribution in [2.45, 2.75) is 23.5 Å². The van der Waals surface area contributed by atoms with Crippen molar-refractivity contribution < 1.29 is 0 Å². The maximum absolute atomic E-state index is 6.38. The van der Waals surface area contributed by atoms with Gasteiger partial charge >= 0.3 is 0 Å². The Hall–Kier alpha value is -1.67. The fraction of sp³-hybridized carbons (Fsp3) is 0.176. The molecule has 1 nitrogen and oxygen atoms in total. The van der Waals surface area contributed by atoms with Crippen molar-refractivity contribution >= 4 is 23.0 Å². The van der Waals surface area contributed by atoms with Crippen LogP contribution in [0.15, 0.2) is 59.5 Å². The SMILES string of the molecule is CC1=c2ccccc2=C(N)C(Sc2ccccc2)C1. The molecule has 0 saturated carbocycles. The van der Waals surface area contributed by atoms with Gasteiger partial charge in [-0.15, -0.1) is 11.8 Å². The summed E-state index contributed by atoms with van der Waals surface area (Å²) >= 11 is 1.86. The van der Waals surface area contributed by atoms with E-state index in [0.29, 0.717) is 5.25 Å². The molecule has 0 heterocycles. The zero-order chi connectivity index (χ0) is 13.2. The normalized spacial score (nSPS) is 18.3. The van der Waals surface area contributed by atoms with E-state index in [1.54, 1.807) is 0 Å². The molecule has 2 N–H and O–H groups in total. The molecule has 2 aromatic rings. The standard InChI is InChI=1S/C17H17NS/c1-12-11-16(19-13-7-3-2-4-8-13)17(18)15-10-6-5-9-14(12)15/h2-10,16H,11,18H2,1H3. The van der Waals surface area contributed by atoms with Crippen molar-refractivity contribution in [3.05, 3.63) is 65.0 Å². The van der Waals surface area contributed by atoms with Gasteiger partial charge in [-0.25, -0.2) is 0 Å². The van der Waals surface area contributed by atoms with Gasteiger partial charge in [-0.05, 0) is 30.7 Å². The van der Waals surface area contributed by atoms with Crippen LogP contribution in [0.3, 0.4) is 0 Å². The lowest BCUT2D eigenvalue weighted by Gasteiger charge is -2.22. The largest absolute Gasteiger partial charge is 0.401 e. The topological polar surface area (TPSA) is 26.0 Å². The first kappa shape index (κ1) is 12.4. The van der Waals surface area contributed by atoms with Gasteiger partial charge in [-0.3, -0.25) is 0 Å². The zero-order valence-electron chi connectivity index (χ0n) is 11.0. The lowest BCUT2D eigenvalue weighted by atomic mass is 9.98. The molecule has 1 unspecified atom stereocenters. The molecule has 3 rings (SSSR count). The van der Waals surface area contributed by atoms with Crippen LogP contribution in [0.1, 0.15) is 13.3 Å². The summed E-state index contributed by atoms with van der Waals surface area (Å²) in [5.41, 5.74) is 8.82. The quantitative estimate of drug-likeness (QED) is 0.904. The third-order valence-corrected chi connectivity index (χ3v) is 4.81. The molecule has 1 atom stereocenters. The van der Waals surface area contributed by atoms with Gasteiger partial charge in [0.25, 0.3) is 0 Å². The summed E-state index contributed by atoms with van der Waals surface area (Å²) < 4.78 is 0. The lowest BCUT2D eigenvalue weighted by molar-refractivity contribution is 1.03. The van der Waals surface area contributed by atoms with Gasteiger partial charge in [-0.2, -0.15) is 0 Å². The molecule has 2 heteroatoms. The van der Waals surface area contributed by atoms with Crippen molar-refractivity contribution in [1.29, 1.82) is 0 Å². The van der Waals surface area contributed by atoms with Crippen LogP contribution >= 0.6 is 11.8 Å². The number of hydrogen-bond acceptors (Lipinski definition) is 2. The molecule has 96 valence electrons. The van der Waals surface area contributed by atoms with Gasteiger partial charge in [0.2, 0.25) is 0 Å². The van der Waals surface area contributed by atoms with Crippen LogP contribution < -0.4 is 16.2 Å². The molecule has 0 spiro atoms. The summed E-state index contributed by atoms with van der Waals surface area (Å²) in [7, 11) is 0. The van der Waals surface area contributed by atoms with Gasteiger partial charge in [0.1, 0.15) is 0 Å². The van der Waals surface area contributed by atoms with Crippen molar-refractivity contribution in [2.75, 3.05) is 0 Å². The van der Waals surface area contributed by atoms with Crippen LogP contribution in [0.2, 0.25) is 0 Å². The van der Waals surface area contributed by atoms with Crippen LogP contribution in [0.4, 0.5) is 0 Å². The minimum absolute atomic E-state index is 0.345. The maximum atomic E-state index is 6.38. The average molecular weight is 267 g/mol. The van der Waals surface area contributed by atoms with Crippen molar-refractivity contribution in [3.8, 4) is 0 Å². The second-order valence-electron chi connectivity index (χ2n) is 4.90. The van der Waals surface area contributed by atoms with E-state index in [1.807, 2.05) is 17.8 Å². The highest BCUT2D eigenvalue weighted by Gasteiger charge is 2.19. The Morgan fingerprint density at radius 3 is 2.32 bits per heavy atom. The number of fused-ring (bicyclic) bond motifs is 1. The Kier molecular flexibility index (Phi) is 3.34. The molecule has 0 fully saturated rings. The summed E-state index contributed by atoms with van der Waals surface area (Å²) in [6.45, 7) is 2.21. The molecule has 19 heavy (non-hydrogen) atoms. The van der Waals surface area contributed by atoms with Crippen molar-refractivity contribution in [2.24, 2.45) is 5.73 Å². The third-order valence-electron chi connectivity index (χ3n) is 3.56. The van der Waals surface area contributed by atoms with Crippen molar-refractivity contribution in [3.63, 3.8) is 0 Å². The second kappa shape index (κ2) is 5.14. The summed E-state index contributed by atoms with van der Waals surface area (Å²) in [4.78, 5) is 1.28. The van der Waals surface area contributed by atoms with E-state index in [4.69, 9.17) is 5.73 Å². The Morgan fingerprint density at radius 1 is 0.947 bits per heavy atom. The Labute approximate surface area is 117 Å². The molecular weight excluding hydrogens is 250 g/mol. The molecule has 0 bridgehead atoms. The Bertz CT molecular complexity index is 704. The molecule has 1 aliphatic carbocycles. The molecule has 0 aliphatic heterocycles. The number of hydrogen-bond donors (Lipinski definition) is 1. The fourth-order valence-electron chi connectivity index (χ4n) is 2.55. The summed E-state index contributed by atoms with van der Waals surface area (Å²) in [6.07, 6.45) is 1.03. The van der Waals surface area contributed by atoms with Gasteiger partial charge in [0.15, 0.2) is 0 Å². The van der Waals surface area contributed by atoms with Gasteiger partial charge in [-0.1, -0.05) is 48.0 Å². The van der Waals surface area contributed by atoms with Gasteiger partial charge < -0.3 is 5.73 Å². The lowest BCUT2D eigenvalue weighted by Crippen LogP contribution is -2.38. The second-order valence-corrected chi connectivity index (χ2v) is 6.18. The van der Waals surface area contributed by atoms with Crippen LogP contribution in [-0.4, -0.2) is 5.25 Å². The number of rotatable bonds is 2. The van der Waals surface area contributed by atoms with E-state index >= 15 is 0 Å². The van der Waals surface area contributed by atoms with E-state index < -0.39 is 0 Å². The Morgan fingerprint density at radius 2 is 1.58 bits per heavy atom. The van der Waals surface area contributed by atoms with E-state index in [9.17, 15) is 0 Å².